The standard InChI is InChI=1S/C14H28N2O/c1-4-13-8-5-11(2)16(13)9-14(3,10-17)15-12-6-7-12/h11-13,15,17H,4-10H2,1-3H3. The van der Waals surface area contributed by atoms with Gasteiger partial charge in [0.2, 0.25) is 0 Å². The summed E-state index contributed by atoms with van der Waals surface area (Å²) in [5.41, 5.74) is -0.118. The summed E-state index contributed by atoms with van der Waals surface area (Å²) in [4.78, 5) is 2.60. The number of rotatable bonds is 6. The van der Waals surface area contributed by atoms with E-state index in [-0.39, 0.29) is 12.1 Å². The zero-order valence-corrected chi connectivity index (χ0v) is 11.6. The van der Waals surface area contributed by atoms with Crippen LogP contribution in [0.3, 0.4) is 0 Å². The van der Waals surface area contributed by atoms with Crippen molar-refractivity contribution < 1.29 is 5.11 Å². The molecule has 17 heavy (non-hydrogen) atoms. The van der Waals surface area contributed by atoms with Crippen molar-refractivity contribution in [3.05, 3.63) is 0 Å². The van der Waals surface area contributed by atoms with Crippen LogP contribution in [0.25, 0.3) is 0 Å². The molecule has 3 atom stereocenters. The summed E-state index contributed by atoms with van der Waals surface area (Å²) >= 11 is 0. The van der Waals surface area contributed by atoms with Gasteiger partial charge in [-0.15, -0.1) is 0 Å². The molecule has 2 rings (SSSR count). The molecule has 3 nitrogen and oxygen atoms in total. The fraction of sp³-hybridized carbons (Fsp3) is 1.00. The van der Waals surface area contributed by atoms with E-state index in [1.807, 2.05) is 0 Å². The number of nitrogens with zero attached hydrogens (tertiary/aromatic N) is 1. The summed E-state index contributed by atoms with van der Waals surface area (Å²) in [6.45, 7) is 8.00. The van der Waals surface area contributed by atoms with Crippen LogP contribution in [0.2, 0.25) is 0 Å². The van der Waals surface area contributed by atoms with Gasteiger partial charge in [-0.1, -0.05) is 6.92 Å². The molecule has 0 aromatic heterocycles. The summed E-state index contributed by atoms with van der Waals surface area (Å²) in [6.07, 6.45) is 6.42. The van der Waals surface area contributed by atoms with Crippen LogP contribution in [0.5, 0.6) is 0 Å². The molecule has 0 aromatic rings. The van der Waals surface area contributed by atoms with Crippen molar-refractivity contribution in [1.82, 2.24) is 10.2 Å². The van der Waals surface area contributed by atoms with Crippen molar-refractivity contribution in [2.45, 2.75) is 76.5 Å². The van der Waals surface area contributed by atoms with E-state index in [0.717, 1.165) is 12.6 Å². The number of aliphatic hydroxyl groups is 1. The highest BCUT2D eigenvalue weighted by molar-refractivity contribution is 4.97. The van der Waals surface area contributed by atoms with E-state index in [0.29, 0.717) is 12.1 Å². The summed E-state index contributed by atoms with van der Waals surface area (Å²) in [5.74, 6) is 0. The number of hydrogen-bond acceptors (Lipinski definition) is 3. The second-order valence-electron chi connectivity index (χ2n) is 6.30. The lowest BCUT2D eigenvalue weighted by Crippen LogP contribution is -2.56. The Hall–Kier alpha value is -0.120. The average Bonchev–Trinajstić information content (AvgIpc) is 3.05. The van der Waals surface area contributed by atoms with E-state index in [2.05, 4.69) is 31.0 Å². The molecule has 0 spiro atoms. The maximum atomic E-state index is 9.68. The molecular formula is C14H28N2O. The summed E-state index contributed by atoms with van der Waals surface area (Å²) in [7, 11) is 0. The lowest BCUT2D eigenvalue weighted by Gasteiger charge is -2.38. The van der Waals surface area contributed by atoms with E-state index >= 15 is 0 Å². The fourth-order valence-corrected chi connectivity index (χ4v) is 3.11. The van der Waals surface area contributed by atoms with Gasteiger partial charge in [-0.2, -0.15) is 0 Å². The van der Waals surface area contributed by atoms with Crippen LogP contribution in [0.1, 0.15) is 52.9 Å². The summed E-state index contributed by atoms with van der Waals surface area (Å²) in [6, 6.07) is 2.05. The van der Waals surface area contributed by atoms with E-state index in [1.54, 1.807) is 0 Å². The van der Waals surface area contributed by atoms with Gasteiger partial charge in [0.1, 0.15) is 0 Å². The van der Waals surface area contributed by atoms with E-state index in [1.165, 1.54) is 32.1 Å². The maximum Gasteiger partial charge on any atom is 0.0623 e. The van der Waals surface area contributed by atoms with Crippen LogP contribution >= 0.6 is 0 Å². The number of nitrogens with one attached hydrogen (secondary N) is 1. The summed E-state index contributed by atoms with van der Waals surface area (Å²) < 4.78 is 0. The molecular weight excluding hydrogens is 212 g/mol. The Balaban J connectivity index is 1.95. The molecule has 1 heterocycles. The SMILES string of the molecule is CCC1CCC(C)N1CC(C)(CO)NC1CC1. The van der Waals surface area contributed by atoms with Crippen LogP contribution in [0.15, 0.2) is 0 Å². The Morgan fingerprint density at radius 3 is 2.53 bits per heavy atom. The minimum absolute atomic E-state index is 0.118. The highest BCUT2D eigenvalue weighted by atomic mass is 16.3. The molecule has 100 valence electrons. The monoisotopic (exact) mass is 240 g/mol. The van der Waals surface area contributed by atoms with Gasteiger partial charge in [-0.05, 0) is 46.0 Å². The number of hydrogen-bond donors (Lipinski definition) is 2. The average molecular weight is 240 g/mol. The lowest BCUT2D eigenvalue weighted by atomic mass is 10.0. The second-order valence-corrected chi connectivity index (χ2v) is 6.30. The van der Waals surface area contributed by atoms with Crippen molar-refractivity contribution in [3.63, 3.8) is 0 Å². The predicted molar refractivity (Wildman–Crippen MR) is 71.1 cm³/mol. The third kappa shape index (κ3) is 3.21. The fourth-order valence-electron chi connectivity index (χ4n) is 3.11. The molecule has 3 heteroatoms. The van der Waals surface area contributed by atoms with E-state index in [4.69, 9.17) is 0 Å². The maximum absolute atomic E-state index is 9.68. The van der Waals surface area contributed by atoms with Crippen LogP contribution in [0.4, 0.5) is 0 Å². The van der Waals surface area contributed by atoms with Crippen molar-refractivity contribution in [1.29, 1.82) is 0 Å². The van der Waals surface area contributed by atoms with Crippen LogP contribution < -0.4 is 5.32 Å². The molecule has 1 aliphatic carbocycles. The van der Waals surface area contributed by atoms with Crippen molar-refractivity contribution >= 4 is 0 Å². The van der Waals surface area contributed by atoms with Gasteiger partial charge in [-0.25, -0.2) is 0 Å². The quantitative estimate of drug-likeness (QED) is 0.742. The smallest absolute Gasteiger partial charge is 0.0623 e. The van der Waals surface area contributed by atoms with Gasteiger partial charge in [-0.3, -0.25) is 4.90 Å². The summed E-state index contributed by atoms with van der Waals surface area (Å²) in [5, 5.41) is 13.3. The molecule has 1 saturated heterocycles. The largest absolute Gasteiger partial charge is 0.394 e. The Morgan fingerprint density at radius 2 is 2.00 bits per heavy atom. The van der Waals surface area contributed by atoms with Gasteiger partial charge < -0.3 is 10.4 Å². The van der Waals surface area contributed by atoms with Crippen molar-refractivity contribution in [2.75, 3.05) is 13.2 Å². The van der Waals surface area contributed by atoms with Gasteiger partial charge in [0.25, 0.3) is 0 Å². The van der Waals surface area contributed by atoms with Gasteiger partial charge in [0.15, 0.2) is 0 Å². The third-order valence-corrected chi connectivity index (χ3v) is 4.43. The van der Waals surface area contributed by atoms with Gasteiger partial charge >= 0.3 is 0 Å². The zero-order valence-electron chi connectivity index (χ0n) is 11.6. The third-order valence-electron chi connectivity index (χ3n) is 4.43. The van der Waals surface area contributed by atoms with Crippen LogP contribution in [0, 0.1) is 0 Å². The molecule has 1 saturated carbocycles. The van der Waals surface area contributed by atoms with Crippen molar-refractivity contribution in [2.24, 2.45) is 0 Å². The Bertz CT molecular complexity index is 255. The van der Waals surface area contributed by atoms with Gasteiger partial charge in [0, 0.05) is 24.7 Å². The molecule has 1 aliphatic heterocycles. The molecule has 2 aliphatic rings. The van der Waals surface area contributed by atoms with E-state index < -0.39 is 0 Å². The number of likely N-dealkylation sites (tertiary alicyclic amines) is 1. The normalized spacial score (nSPS) is 33.9. The van der Waals surface area contributed by atoms with Crippen LogP contribution in [-0.4, -0.2) is 46.8 Å². The molecule has 0 radical (unpaired) electrons. The lowest BCUT2D eigenvalue weighted by molar-refractivity contribution is 0.0923. The highest BCUT2D eigenvalue weighted by Gasteiger charge is 2.38. The Kier molecular flexibility index (Phi) is 4.11. The molecule has 0 amide bonds. The Labute approximate surface area is 106 Å². The minimum Gasteiger partial charge on any atom is -0.394 e. The highest BCUT2D eigenvalue weighted by Crippen LogP contribution is 2.29. The first kappa shape index (κ1) is 13.3. The first-order valence-electron chi connectivity index (χ1n) is 7.22. The molecule has 0 bridgehead atoms. The number of aliphatic hydroxyl groups excluding tert-OH is 1. The van der Waals surface area contributed by atoms with Crippen LogP contribution in [-0.2, 0) is 0 Å². The second kappa shape index (κ2) is 5.25. The minimum atomic E-state index is -0.118. The van der Waals surface area contributed by atoms with Crippen molar-refractivity contribution in [3.8, 4) is 0 Å². The molecule has 2 fully saturated rings. The zero-order chi connectivity index (χ0) is 12.5. The topological polar surface area (TPSA) is 35.5 Å². The van der Waals surface area contributed by atoms with Gasteiger partial charge in [0.05, 0.1) is 12.1 Å². The molecule has 3 unspecified atom stereocenters. The first-order chi connectivity index (χ1) is 8.08. The predicted octanol–water partition coefficient (Wildman–Crippen LogP) is 1.75. The molecule has 2 N–H and O–H groups in total. The van der Waals surface area contributed by atoms with E-state index in [9.17, 15) is 5.11 Å². The molecule has 0 aromatic carbocycles. The Morgan fingerprint density at radius 1 is 1.29 bits per heavy atom. The first-order valence-corrected chi connectivity index (χ1v) is 7.22.